The van der Waals surface area contributed by atoms with Gasteiger partial charge >= 0.3 is 0 Å². The molecule has 2 aliphatic heterocycles. The van der Waals surface area contributed by atoms with Crippen LogP contribution in [0.5, 0.6) is 0 Å². The summed E-state index contributed by atoms with van der Waals surface area (Å²) in [6.07, 6.45) is 7.98. The van der Waals surface area contributed by atoms with Crippen molar-refractivity contribution < 1.29 is 4.48 Å². The van der Waals surface area contributed by atoms with E-state index in [0.29, 0.717) is 0 Å². The van der Waals surface area contributed by atoms with Crippen LogP contribution in [0.15, 0.2) is 24.0 Å². The van der Waals surface area contributed by atoms with E-state index in [1.807, 2.05) is 0 Å². The number of quaternary nitrogens is 1. The minimum atomic E-state index is 1.05. The molecule has 2 aliphatic rings. The van der Waals surface area contributed by atoms with Crippen LogP contribution in [0.3, 0.4) is 0 Å². The third kappa shape index (κ3) is 1.16. The number of nitrogens with zero attached hydrogens (tertiary/aromatic N) is 2. The molecule has 0 saturated carbocycles. The lowest BCUT2D eigenvalue weighted by molar-refractivity contribution is -0.866. The van der Waals surface area contributed by atoms with Crippen LogP contribution in [0.2, 0.25) is 0 Å². The van der Waals surface area contributed by atoms with Crippen LogP contribution >= 0.6 is 0 Å². The van der Waals surface area contributed by atoms with Crippen LogP contribution in [0.1, 0.15) is 6.42 Å². The van der Waals surface area contributed by atoms with Crippen LogP contribution < -0.4 is 0 Å². The van der Waals surface area contributed by atoms with E-state index in [4.69, 9.17) is 0 Å². The normalized spacial score (nSPS) is 26.5. The lowest BCUT2D eigenvalue weighted by atomic mass is 10.2. The Morgan fingerprint density at radius 1 is 1.42 bits per heavy atom. The van der Waals surface area contributed by atoms with Crippen LogP contribution in [0.4, 0.5) is 0 Å². The van der Waals surface area contributed by atoms with Gasteiger partial charge in [-0.15, -0.1) is 0 Å². The van der Waals surface area contributed by atoms with Crippen LogP contribution in [0.25, 0.3) is 0 Å². The van der Waals surface area contributed by atoms with Gasteiger partial charge in [-0.1, -0.05) is 12.2 Å². The van der Waals surface area contributed by atoms with Gasteiger partial charge in [-0.05, 0) is 0 Å². The molecule has 0 aliphatic carbocycles. The molecule has 0 unspecified atom stereocenters. The first-order valence-corrected chi connectivity index (χ1v) is 4.65. The molecule has 0 N–H and O–H groups in total. The predicted octanol–water partition coefficient (Wildman–Crippen LogP) is 1.18. The molecule has 0 aromatic carbocycles. The smallest absolute Gasteiger partial charge is 0.203 e. The Balaban J connectivity index is 2.29. The fourth-order valence-electron chi connectivity index (χ4n) is 2.10. The molecule has 2 rings (SSSR count). The Labute approximate surface area is 74.4 Å². The molecule has 0 aromatic heterocycles. The Hall–Kier alpha value is -0.760. The summed E-state index contributed by atoms with van der Waals surface area (Å²) in [6, 6.07) is 0. The molecular formula is C10H17N2+. The molecular weight excluding hydrogens is 148 g/mol. The van der Waals surface area contributed by atoms with Gasteiger partial charge in [-0.2, -0.15) is 0 Å². The number of hydrogen-bond acceptors (Lipinski definition) is 1. The van der Waals surface area contributed by atoms with Crippen molar-refractivity contribution in [3.8, 4) is 0 Å². The molecule has 2 heteroatoms. The van der Waals surface area contributed by atoms with Gasteiger partial charge in [0.15, 0.2) is 0 Å². The van der Waals surface area contributed by atoms with Gasteiger partial charge in [0.25, 0.3) is 0 Å². The van der Waals surface area contributed by atoms with Crippen LogP contribution in [-0.2, 0) is 0 Å². The monoisotopic (exact) mass is 165 g/mol. The summed E-state index contributed by atoms with van der Waals surface area (Å²) in [4.78, 5) is 2.48. The Bertz CT molecular complexity index is 238. The largest absolute Gasteiger partial charge is 0.324 e. The zero-order chi connectivity index (χ0) is 8.60. The van der Waals surface area contributed by atoms with E-state index >= 15 is 0 Å². The highest BCUT2D eigenvalue weighted by atomic mass is 15.5. The van der Waals surface area contributed by atoms with Crippen molar-refractivity contribution in [2.24, 2.45) is 0 Å². The zero-order valence-electron chi connectivity index (χ0n) is 7.95. The molecule has 1 fully saturated rings. The maximum absolute atomic E-state index is 2.48. The average molecular weight is 165 g/mol. The Morgan fingerprint density at radius 2 is 2.25 bits per heavy atom. The summed E-state index contributed by atoms with van der Waals surface area (Å²) >= 11 is 0. The lowest BCUT2D eigenvalue weighted by Crippen LogP contribution is -2.52. The van der Waals surface area contributed by atoms with Crippen LogP contribution in [0, 0.1) is 0 Å². The molecule has 0 bridgehead atoms. The average Bonchev–Trinajstić information content (AvgIpc) is 2.04. The van der Waals surface area contributed by atoms with Crippen LogP contribution in [-0.4, -0.2) is 43.1 Å². The van der Waals surface area contributed by atoms with Crippen molar-refractivity contribution in [1.82, 2.24) is 4.90 Å². The predicted molar refractivity (Wildman–Crippen MR) is 50.4 cm³/mol. The van der Waals surface area contributed by atoms with E-state index < -0.39 is 0 Å². The zero-order valence-corrected chi connectivity index (χ0v) is 7.95. The first-order valence-electron chi connectivity index (χ1n) is 4.65. The van der Waals surface area contributed by atoms with Gasteiger partial charge in [-0.3, -0.25) is 4.48 Å². The number of fused-ring (bicyclic) bond motifs is 1. The van der Waals surface area contributed by atoms with Crippen molar-refractivity contribution in [2.45, 2.75) is 6.42 Å². The fraction of sp³-hybridized carbons (Fsp3) is 0.600. The number of allylic oxidation sites excluding steroid dienone is 2. The quantitative estimate of drug-likeness (QED) is 0.487. The van der Waals surface area contributed by atoms with E-state index in [1.54, 1.807) is 0 Å². The van der Waals surface area contributed by atoms with Gasteiger partial charge in [0, 0.05) is 25.6 Å². The maximum atomic E-state index is 2.48. The molecule has 0 aromatic rings. The van der Waals surface area contributed by atoms with Gasteiger partial charge in [0.05, 0.1) is 20.6 Å². The summed E-state index contributed by atoms with van der Waals surface area (Å²) in [5, 5.41) is 0. The summed E-state index contributed by atoms with van der Waals surface area (Å²) in [5.41, 5.74) is 0. The minimum Gasteiger partial charge on any atom is -0.324 e. The van der Waals surface area contributed by atoms with E-state index in [-0.39, 0.29) is 0 Å². The first-order chi connectivity index (χ1) is 5.70. The lowest BCUT2D eigenvalue weighted by Gasteiger charge is -2.43. The van der Waals surface area contributed by atoms with E-state index in [0.717, 1.165) is 11.0 Å². The number of rotatable bonds is 0. The third-order valence-corrected chi connectivity index (χ3v) is 2.80. The summed E-state index contributed by atoms with van der Waals surface area (Å²) < 4.78 is 1.05. The van der Waals surface area contributed by atoms with Crippen molar-refractivity contribution >= 4 is 0 Å². The molecule has 0 radical (unpaired) electrons. The minimum absolute atomic E-state index is 1.05. The number of hydrogen-bond donors (Lipinski definition) is 0. The molecule has 1 saturated heterocycles. The highest BCUT2D eigenvalue weighted by Gasteiger charge is 2.31. The molecule has 0 spiro atoms. The van der Waals surface area contributed by atoms with Gasteiger partial charge in [0.1, 0.15) is 0 Å². The van der Waals surface area contributed by atoms with Crippen molar-refractivity contribution in [3.05, 3.63) is 24.0 Å². The topological polar surface area (TPSA) is 3.24 Å². The van der Waals surface area contributed by atoms with Crippen molar-refractivity contribution in [1.29, 1.82) is 0 Å². The molecule has 2 heterocycles. The van der Waals surface area contributed by atoms with E-state index in [9.17, 15) is 0 Å². The Morgan fingerprint density at radius 3 is 3.00 bits per heavy atom. The standard InChI is InChI=1S/C10H17N2/c1-12(2)9-5-8-11-7-4-3-6-10(11)12/h3-4,6H,5,7-9H2,1-2H3/q+1. The van der Waals surface area contributed by atoms with Gasteiger partial charge in [0.2, 0.25) is 5.82 Å². The molecule has 12 heavy (non-hydrogen) atoms. The molecule has 0 amide bonds. The Kier molecular flexibility index (Phi) is 1.72. The fourth-order valence-corrected chi connectivity index (χ4v) is 2.10. The van der Waals surface area contributed by atoms with Crippen molar-refractivity contribution in [2.75, 3.05) is 33.7 Å². The second-order valence-electron chi connectivity index (χ2n) is 4.16. The molecule has 66 valence electrons. The molecule has 0 atom stereocenters. The second kappa shape index (κ2) is 2.63. The maximum Gasteiger partial charge on any atom is 0.203 e. The summed E-state index contributed by atoms with van der Waals surface area (Å²) in [7, 11) is 4.58. The van der Waals surface area contributed by atoms with Gasteiger partial charge < -0.3 is 4.90 Å². The highest BCUT2D eigenvalue weighted by molar-refractivity contribution is 5.14. The third-order valence-electron chi connectivity index (χ3n) is 2.80. The van der Waals surface area contributed by atoms with E-state index in [1.165, 1.54) is 25.3 Å². The molecule has 2 nitrogen and oxygen atoms in total. The summed E-state index contributed by atoms with van der Waals surface area (Å²) in [6.45, 7) is 3.61. The SMILES string of the molecule is C[N+]1(C)CCCN2CC=CC=C21. The van der Waals surface area contributed by atoms with E-state index in [2.05, 4.69) is 37.2 Å². The first kappa shape index (κ1) is 7.87. The summed E-state index contributed by atoms with van der Waals surface area (Å²) in [5.74, 6) is 1.48. The van der Waals surface area contributed by atoms with Gasteiger partial charge in [-0.25, -0.2) is 0 Å². The second-order valence-corrected chi connectivity index (χ2v) is 4.16. The highest BCUT2D eigenvalue weighted by Crippen LogP contribution is 2.24. The van der Waals surface area contributed by atoms with Crippen molar-refractivity contribution in [3.63, 3.8) is 0 Å².